The number of nitrogens with zero attached hydrogens (tertiary/aromatic N) is 2. The maximum Gasteiger partial charge on any atom is 0.200 e. The molecule has 0 bridgehead atoms. The first kappa shape index (κ1) is 20.0. The summed E-state index contributed by atoms with van der Waals surface area (Å²) in [5, 5.41) is 0. The minimum atomic E-state index is -0.255. The van der Waals surface area contributed by atoms with Gasteiger partial charge in [0.05, 0.1) is 6.54 Å². The maximum absolute atomic E-state index is 10.7. The van der Waals surface area contributed by atoms with Crippen molar-refractivity contribution in [3.8, 4) is 0 Å². The number of anilines is 1. The Morgan fingerprint density at radius 2 is 1.89 bits per heavy atom. The standard InChI is InChI=1S/C6H11N3.C6H13NO.C2H6/c1-2-4-9-5-3-8-6(9)7;1-6(2,3)5(8)4-7;1-2/h3,5H,2,4H2,1H3,(H2,7,8);4,7H2,1-3H3;1-2H3. The van der Waals surface area contributed by atoms with Gasteiger partial charge < -0.3 is 16.0 Å². The Balaban J connectivity index is 0. The van der Waals surface area contributed by atoms with Crippen molar-refractivity contribution in [2.45, 2.75) is 54.5 Å². The lowest BCUT2D eigenvalue weighted by Crippen LogP contribution is -2.27. The molecule has 0 saturated heterocycles. The third kappa shape index (κ3) is 9.25. The van der Waals surface area contributed by atoms with Gasteiger partial charge in [-0.05, 0) is 6.42 Å². The number of hydrogen-bond acceptors (Lipinski definition) is 4. The number of nitrogen functional groups attached to an aromatic ring is 1. The predicted molar refractivity (Wildman–Crippen MR) is 81.8 cm³/mol. The molecule has 1 aromatic rings. The summed E-state index contributed by atoms with van der Waals surface area (Å²) in [6, 6.07) is 0. The zero-order valence-corrected chi connectivity index (χ0v) is 13.2. The van der Waals surface area contributed by atoms with Crippen LogP contribution >= 0.6 is 0 Å². The van der Waals surface area contributed by atoms with Gasteiger partial charge >= 0.3 is 0 Å². The number of ketones is 1. The third-order valence-corrected chi connectivity index (χ3v) is 2.23. The zero-order valence-electron chi connectivity index (χ0n) is 13.2. The highest BCUT2D eigenvalue weighted by atomic mass is 16.1. The topological polar surface area (TPSA) is 86.9 Å². The van der Waals surface area contributed by atoms with Crippen LogP contribution in [0.4, 0.5) is 5.95 Å². The molecule has 0 aromatic carbocycles. The van der Waals surface area contributed by atoms with E-state index in [0.29, 0.717) is 5.95 Å². The predicted octanol–water partition coefficient (Wildman–Crippen LogP) is 2.46. The summed E-state index contributed by atoms with van der Waals surface area (Å²) in [6.07, 6.45) is 4.70. The van der Waals surface area contributed by atoms with Gasteiger partial charge in [0, 0.05) is 24.4 Å². The number of carbonyl (C=O) groups excluding carboxylic acids is 1. The van der Waals surface area contributed by atoms with Gasteiger partial charge in [0.2, 0.25) is 0 Å². The first-order chi connectivity index (χ1) is 8.82. The van der Waals surface area contributed by atoms with Crippen LogP contribution in [0.3, 0.4) is 0 Å². The van der Waals surface area contributed by atoms with Crippen LogP contribution in [0.1, 0.15) is 48.0 Å². The van der Waals surface area contributed by atoms with E-state index in [1.165, 1.54) is 0 Å². The minimum absolute atomic E-state index is 0.109. The lowest BCUT2D eigenvalue weighted by atomic mass is 9.91. The van der Waals surface area contributed by atoms with Gasteiger partial charge in [-0.2, -0.15) is 0 Å². The quantitative estimate of drug-likeness (QED) is 0.883. The van der Waals surface area contributed by atoms with Crippen LogP contribution in [0, 0.1) is 5.41 Å². The van der Waals surface area contributed by atoms with Crippen molar-refractivity contribution >= 4 is 11.7 Å². The molecule has 0 unspecified atom stereocenters. The molecular formula is C14H30N4O. The van der Waals surface area contributed by atoms with E-state index in [2.05, 4.69) is 11.9 Å². The summed E-state index contributed by atoms with van der Waals surface area (Å²) in [4.78, 5) is 14.6. The van der Waals surface area contributed by atoms with E-state index in [9.17, 15) is 4.79 Å². The van der Waals surface area contributed by atoms with E-state index in [-0.39, 0.29) is 17.7 Å². The lowest BCUT2D eigenvalue weighted by molar-refractivity contribution is -0.124. The zero-order chi connectivity index (χ0) is 15.5. The minimum Gasteiger partial charge on any atom is -0.369 e. The molecule has 0 aliphatic heterocycles. The summed E-state index contributed by atoms with van der Waals surface area (Å²) < 4.78 is 1.93. The summed E-state index contributed by atoms with van der Waals surface area (Å²) in [7, 11) is 0. The number of aromatic nitrogens is 2. The maximum atomic E-state index is 10.7. The van der Waals surface area contributed by atoms with E-state index in [1.807, 2.05) is 45.4 Å². The molecule has 0 fully saturated rings. The molecule has 1 rings (SSSR count). The molecular weight excluding hydrogens is 240 g/mol. The fourth-order valence-corrected chi connectivity index (χ4v) is 1.08. The SMILES string of the molecule is CC.CC(C)(C)C(=O)CN.CCCn1ccnc1N. The number of rotatable bonds is 3. The van der Waals surface area contributed by atoms with Crippen LogP contribution in [0.25, 0.3) is 0 Å². The van der Waals surface area contributed by atoms with E-state index in [4.69, 9.17) is 11.5 Å². The monoisotopic (exact) mass is 270 g/mol. The van der Waals surface area contributed by atoms with E-state index < -0.39 is 0 Å². The molecule has 5 nitrogen and oxygen atoms in total. The lowest BCUT2D eigenvalue weighted by Gasteiger charge is -2.13. The molecule has 0 atom stereocenters. The van der Waals surface area contributed by atoms with Crippen molar-refractivity contribution in [2.75, 3.05) is 12.3 Å². The summed E-state index contributed by atoms with van der Waals surface area (Å²) >= 11 is 0. The second-order valence-corrected chi connectivity index (χ2v) is 4.86. The Bertz CT molecular complexity index is 339. The van der Waals surface area contributed by atoms with Crippen molar-refractivity contribution in [1.82, 2.24) is 9.55 Å². The molecule has 4 N–H and O–H groups in total. The molecule has 0 saturated carbocycles. The number of imidazole rings is 1. The molecule has 0 spiro atoms. The van der Waals surface area contributed by atoms with Crippen LogP contribution in [-0.4, -0.2) is 21.9 Å². The van der Waals surface area contributed by atoms with Crippen LogP contribution in [0.15, 0.2) is 12.4 Å². The van der Waals surface area contributed by atoms with E-state index in [1.54, 1.807) is 6.20 Å². The Morgan fingerprint density at radius 1 is 1.37 bits per heavy atom. The van der Waals surface area contributed by atoms with Crippen LogP contribution in [0.2, 0.25) is 0 Å². The molecule has 1 heterocycles. The average molecular weight is 270 g/mol. The van der Waals surface area contributed by atoms with Gasteiger partial charge in [0.15, 0.2) is 11.7 Å². The van der Waals surface area contributed by atoms with Gasteiger partial charge in [0.25, 0.3) is 0 Å². The average Bonchev–Trinajstić information content (AvgIpc) is 2.77. The summed E-state index contributed by atoms with van der Waals surface area (Å²) in [6.45, 7) is 12.8. The van der Waals surface area contributed by atoms with Crippen molar-refractivity contribution < 1.29 is 4.79 Å². The summed E-state index contributed by atoms with van der Waals surface area (Å²) in [5.74, 6) is 0.717. The number of hydrogen-bond donors (Lipinski definition) is 2. The molecule has 0 aliphatic rings. The van der Waals surface area contributed by atoms with Gasteiger partial charge in [-0.1, -0.05) is 41.5 Å². The molecule has 5 heteroatoms. The van der Waals surface area contributed by atoms with Gasteiger partial charge in [-0.3, -0.25) is 4.79 Å². The Hall–Kier alpha value is -1.36. The second kappa shape index (κ2) is 10.6. The fourth-order valence-electron chi connectivity index (χ4n) is 1.08. The van der Waals surface area contributed by atoms with Crippen molar-refractivity contribution in [3.63, 3.8) is 0 Å². The molecule has 0 amide bonds. The van der Waals surface area contributed by atoms with E-state index in [0.717, 1.165) is 13.0 Å². The molecule has 1 aromatic heterocycles. The normalized spacial score (nSPS) is 9.84. The third-order valence-electron chi connectivity index (χ3n) is 2.23. The highest BCUT2D eigenvalue weighted by Crippen LogP contribution is 2.12. The Labute approximate surface area is 117 Å². The van der Waals surface area contributed by atoms with Crippen LogP contribution in [-0.2, 0) is 11.3 Å². The van der Waals surface area contributed by atoms with Crippen molar-refractivity contribution in [1.29, 1.82) is 0 Å². The number of aryl methyl sites for hydroxylation is 1. The summed E-state index contributed by atoms with van der Waals surface area (Å²) in [5.41, 5.74) is 10.3. The number of carbonyl (C=O) groups is 1. The largest absolute Gasteiger partial charge is 0.369 e. The van der Waals surface area contributed by atoms with Crippen molar-refractivity contribution in [2.24, 2.45) is 11.1 Å². The van der Waals surface area contributed by atoms with Crippen LogP contribution in [0.5, 0.6) is 0 Å². The molecule has 0 radical (unpaired) electrons. The van der Waals surface area contributed by atoms with Gasteiger partial charge in [-0.25, -0.2) is 4.98 Å². The fraction of sp³-hybridized carbons (Fsp3) is 0.714. The van der Waals surface area contributed by atoms with Gasteiger partial charge in [-0.15, -0.1) is 0 Å². The van der Waals surface area contributed by atoms with E-state index >= 15 is 0 Å². The van der Waals surface area contributed by atoms with Crippen molar-refractivity contribution in [3.05, 3.63) is 12.4 Å². The van der Waals surface area contributed by atoms with Gasteiger partial charge in [0.1, 0.15) is 0 Å². The molecule has 112 valence electrons. The highest BCUT2D eigenvalue weighted by Gasteiger charge is 2.18. The Morgan fingerprint density at radius 3 is 2.11 bits per heavy atom. The Kier molecular flexibility index (Phi) is 11.1. The first-order valence-corrected chi connectivity index (χ1v) is 6.82. The van der Waals surface area contributed by atoms with Crippen LogP contribution < -0.4 is 11.5 Å². The molecule has 0 aliphatic carbocycles. The molecule has 19 heavy (non-hydrogen) atoms. The number of Topliss-reactive ketones (excluding diaryl/α,β-unsaturated/α-hetero) is 1. The first-order valence-electron chi connectivity index (χ1n) is 6.82. The second-order valence-electron chi connectivity index (χ2n) is 4.86. The number of nitrogens with two attached hydrogens (primary N) is 2. The smallest absolute Gasteiger partial charge is 0.200 e. The highest BCUT2D eigenvalue weighted by molar-refractivity contribution is 5.85.